The van der Waals surface area contributed by atoms with Crippen molar-refractivity contribution in [2.75, 3.05) is 0 Å². The summed E-state index contributed by atoms with van der Waals surface area (Å²) in [5, 5.41) is 9.91. The monoisotopic (exact) mass is 294 g/mol. The average Bonchev–Trinajstić information content (AvgIpc) is 2.64. The van der Waals surface area contributed by atoms with Crippen LogP contribution < -0.4 is 5.32 Å². The summed E-state index contributed by atoms with van der Waals surface area (Å²) in [6, 6.07) is 0.227. The second kappa shape index (κ2) is 6.83. The molecule has 1 aliphatic rings. The number of amides is 1. The molecule has 20 heavy (non-hydrogen) atoms. The van der Waals surface area contributed by atoms with Gasteiger partial charge in [-0.05, 0) is 51.7 Å². The molecular weight excluding hydrogens is 272 g/mol. The van der Waals surface area contributed by atoms with Crippen molar-refractivity contribution in [1.82, 2.24) is 20.1 Å². The molecule has 1 amide bonds. The summed E-state index contributed by atoms with van der Waals surface area (Å²) in [7, 11) is 0. The maximum absolute atomic E-state index is 12.2. The van der Waals surface area contributed by atoms with E-state index in [9.17, 15) is 4.79 Å². The Labute approximate surface area is 124 Å². The lowest BCUT2D eigenvalue weighted by Gasteiger charge is -2.11. The summed E-state index contributed by atoms with van der Waals surface area (Å²) in [6.07, 6.45) is 7.45. The summed E-state index contributed by atoms with van der Waals surface area (Å²) < 4.78 is 2.52. The second-order valence-electron chi connectivity index (χ2n) is 5.42. The van der Waals surface area contributed by atoms with Gasteiger partial charge in [-0.15, -0.1) is 0 Å². The highest BCUT2D eigenvalue weighted by Gasteiger charge is 2.14. The van der Waals surface area contributed by atoms with Crippen LogP contribution in [0.15, 0.2) is 11.6 Å². The number of nitrogens with zero attached hydrogens (tertiary/aromatic N) is 2. The van der Waals surface area contributed by atoms with Crippen LogP contribution in [0.2, 0.25) is 0 Å². The lowest BCUT2D eigenvalue weighted by atomic mass is 10.1. The van der Waals surface area contributed by atoms with Crippen molar-refractivity contribution in [3.8, 4) is 0 Å². The van der Waals surface area contributed by atoms with Gasteiger partial charge in [0.1, 0.15) is 0 Å². The molecule has 0 bridgehead atoms. The maximum atomic E-state index is 12.2. The van der Waals surface area contributed by atoms with E-state index in [1.54, 1.807) is 0 Å². The number of aromatic nitrogens is 3. The standard InChI is InChI=1S/C14H22N4OS/c1-10(2)18-12(16-17-14(18)20)9-15-13(19)11-7-5-3-4-6-8-11/h7,10H,3-6,8-9H2,1-2H3,(H,15,19)(H,17,20). The first-order valence-corrected chi connectivity index (χ1v) is 7.63. The van der Waals surface area contributed by atoms with Crippen LogP contribution in [0, 0.1) is 4.77 Å². The van der Waals surface area contributed by atoms with Crippen LogP contribution in [-0.4, -0.2) is 20.7 Å². The third kappa shape index (κ3) is 3.56. The third-order valence-electron chi connectivity index (χ3n) is 3.53. The number of hydrogen-bond acceptors (Lipinski definition) is 3. The van der Waals surface area contributed by atoms with Gasteiger partial charge in [-0.25, -0.2) is 0 Å². The Morgan fingerprint density at radius 3 is 3.05 bits per heavy atom. The molecule has 1 aromatic rings. The lowest BCUT2D eigenvalue weighted by molar-refractivity contribution is -0.117. The van der Waals surface area contributed by atoms with Crippen LogP contribution in [0.4, 0.5) is 0 Å². The molecular formula is C14H22N4OS. The van der Waals surface area contributed by atoms with Crippen LogP contribution in [0.25, 0.3) is 0 Å². The van der Waals surface area contributed by atoms with Crippen molar-refractivity contribution < 1.29 is 4.79 Å². The molecule has 0 unspecified atom stereocenters. The number of allylic oxidation sites excluding steroid dienone is 1. The van der Waals surface area contributed by atoms with E-state index in [1.165, 1.54) is 12.8 Å². The first-order valence-electron chi connectivity index (χ1n) is 7.22. The van der Waals surface area contributed by atoms with E-state index in [0.29, 0.717) is 11.3 Å². The first kappa shape index (κ1) is 15.0. The highest BCUT2D eigenvalue weighted by atomic mass is 32.1. The van der Waals surface area contributed by atoms with E-state index in [0.717, 1.165) is 30.7 Å². The summed E-state index contributed by atoms with van der Waals surface area (Å²) in [4.78, 5) is 12.2. The number of aromatic amines is 1. The molecule has 6 heteroatoms. The fourth-order valence-corrected chi connectivity index (χ4v) is 2.85. The van der Waals surface area contributed by atoms with Crippen LogP contribution in [0.1, 0.15) is 57.8 Å². The van der Waals surface area contributed by atoms with Gasteiger partial charge in [0.15, 0.2) is 10.6 Å². The largest absolute Gasteiger partial charge is 0.345 e. The summed E-state index contributed by atoms with van der Waals surface area (Å²) in [5.41, 5.74) is 0.910. The Kier molecular flexibility index (Phi) is 5.11. The molecule has 5 nitrogen and oxygen atoms in total. The Bertz CT molecular complexity index is 556. The van der Waals surface area contributed by atoms with Crippen molar-refractivity contribution in [3.63, 3.8) is 0 Å². The molecule has 0 atom stereocenters. The Morgan fingerprint density at radius 2 is 2.30 bits per heavy atom. The predicted octanol–water partition coefficient (Wildman–Crippen LogP) is 3.03. The Morgan fingerprint density at radius 1 is 1.50 bits per heavy atom. The Hall–Kier alpha value is -1.43. The minimum absolute atomic E-state index is 0.0242. The van der Waals surface area contributed by atoms with E-state index in [4.69, 9.17) is 12.2 Å². The highest BCUT2D eigenvalue weighted by molar-refractivity contribution is 7.71. The zero-order valence-electron chi connectivity index (χ0n) is 12.1. The number of H-pyrrole nitrogens is 1. The number of carbonyl (C=O) groups is 1. The van der Waals surface area contributed by atoms with Gasteiger partial charge in [0.2, 0.25) is 5.91 Å². The van der Waals surface area contributed by atoms with Gasteiger partial charge >= 0.3 is 0 Å². The molecule has 0 radical (unpaired) electrons. The van der Waals surface area contributed by atoms with Crippen molar-refractivity contribution in [2.45, 2.75) is 58.5 Å². The van der Waals surface area contributed by atoms with Gasteiger partial charge in [-0.1, -0.05) is 12.5 Å². The molecule has 0 fully saturated rings. The number of hydrogen-bond donors (Lipinski definition) is 2. The molecule has 2 rings (SSSR count). The number of rotatable bonds is 4. The maximum Gasteiger partial charge on any atom is 0.247 e. The van der Waals surface area contributed by atoms with Crippen molar-refractivity contribution in [3.05, 3.63) is 22.2 Å². The molecule has 110 valence electrons. The molecule has 0 aromatic carbocycles. The minimum atomic E-state index is 0.0242. The molecule has 0 saturated carbocycles. The minimum Gasteiger partial charge on any atom is -0.345 e. The molecule has 2 N–H and O–H groups in total. The van der Waals surface area contributed by atoms with Crippen LogP contribution in [0.3, 0.4) is 0 Å². The molecule has 1 aromatic heterocycles. The van der Waals surface area contributed by atoms with Gasteiger partial charge in [-0.2, -0.15) is 5.10 Å². The van der Waals surface area contributed by atoms with E-state index in [1.807, 2.05) is 18.4 Å². The normalized spacial score (nSPS) is 15.8. The summed E-state index contributed by atoms with van der Waals surface area (Å²) in [5.74, 6) is 0.795. The van der Waals surface area contributed by atoms with Gasteiger partial charge in [0, 0.05) is 11.6 Å². The fraction of sp³-hybridized carbons (Fsp3) is 0.643. The molecule has 0 saturated heterocycles. The number of nitrogens with one attached hydrogen (secondary N) is 2. The molecule has 1 heterocycles. The van der Waals surface area contributed by atoms with Gasteiger partial charge in [-0.3, -0.25) is 9.89 Å². The lowest BCUT2D eigenvalue weighted by Crippen LogP contribution is -2.26. The van der Waals surface area contributed by atoms with Crippen molar-refractivity contribution in [2.24, 2.45) is 0 Å². The predicted molar refractivity (Wildman–Crippen MR) is 80.8 cm³/mol. The van der Waals surface area contributed by atoms with Gasteiger partial charge in [0.05, 0.1) is 6.54 Å². The summed E-state index contributed by atoms with van der Waals surface area (Å²) >= 11 is 5.19. The van der Waals surface area contributed by atoms with Crippen LogP contribution in [-0.2, 0) is 11.3 Å². The molecule has 0 spiro atoms. The second-order valence-corrected chi connectivity index (χ2v) is 5.81. The smallest absolute Gasteiger partial charge is 0.247 e. The van der Waals surface area contributed by atoms with Gasteiger partial charge in [0.25, 0.3) is 0 Å². The van der Waals surface area contributed by atoms with E-state index in [-0.39, 0.29) is 11.9 Å². The van der Waals surface area contributed by atoms with E-state index in [2.05, 4.69) is 21.6 Å². The SMILES string of the molecule is CC(C)n1c(CNC(=O)C2=CCCCCC2)n[nH]c1=S. The highest BCUT2D eigenvalue weighted by Crippen LogP contribution is 2.17. The third-order valence-corrected chi connectivity index (χ3v) is 3.82. The molecule has 1 aliphatic carbocycles. The van der Waals surface area contributed by atoms with Crippen LogP contribution in [0.5, 0.6) is 0 Å². The number of carbonyl (C=O) groups excluding carboxylic acids is 1. The average molecular weight is 294 g/mol. The first-order chi connectivity index (χ1) is 9.59. The van der Waals surface area contributed by atoms with Gasteiger partial charge < -0.3 is 9.88 Å². The zero-order chi connectivity index (χ0) is 14.5. The summed E-state index contributed by atoms with van der Waals surface area (Å²) in [6.45, 7) is 4.50. The van der Waals surface area contributed by atoms with E-state index < -0.39 is 0 Å². The van der Waals surface area contributed by atoms with E-state index >= 15 is 0 Å². The topological polar surface area (TPSA) is 62.7 Å². The fourth-order valence-electron chi connectivity index (χ4n) is 2.49. The quantitative estimate of drug-likeness (QED) is 0.839. The molecule has 0 aliphatic heterocycles. The zero-order valence-corrected chi connectivity index (χ0v) is 12.9. The van der Waals surface area contributed by atoms with Crippen molar-refractivity contribution >= 4 is 18.1 Å². The van der Waals surface area contributed by atoms with Crippen molar-refractivity contribution in [1.29, 1.82) is 0 Å². The van der Waals surface area contributed by atoms with Crippen LogP contribution >= 0.6 is 12.2 Å². The Balaban J connectivity index is 2.00.